The van der Waals surface area contributed by atoms with Gasteiger partial charge in [-0.3, -0.25) is 9.59 Å². The van der Waals surface area contributed by atoms with Crippen LogP contribution in [0.1, 0.15) is 83.3 Å². The topological polar surface area (TPSA) is 106 Å². The number of carbonyl (C=O) groups is 3. The van der Waals surface area contributed by atoms with Crippen molar-refractivity contribution in [1.82, 2.24) is 4.98 Å². The lowest BCUT2D eigenvalue weighted by atomic mass is 9.65. The Hall–Kier alpha value is -3.94. The minimum absolute atomic E-state index is 0.00107. The number of hydrogen-bond donors (Lipinski definition) is 1. The normalized spacial score (nSPS) is 23.2. The van der Waals surface area contributed by atoms with E-state index >= 15 is 0 Å². The van der Waals surface area contributed by atoms with Gasteiger partial charge in [-0.25, -0.2) is 9.78 Å². The number of rotatable bonds is 5. The predicted octanol–water partition coefficient (Wildman–Crippen LogP) is 6.52. The van der Waals surface area contributed by atoms with Gasteiger partial charge in [0.05, 0.1) is 18.7 Å². The molecule has 43 heavy (non-hydrogen) atoms. The minimum Gasteiger partial charge on any atom is -0.496 e. The van der Waals surface area contributed by atoms with E-state index in [1.54, 1.807) is 7.11 Å². The molecule has 0 saturated carbocycles. The molecule has 1 aromatic heterocycles. The summed E-state index contributed by atoms with van der Waals surface area (Å²) < 4.78 is 12.4. The highest BCUT2D eigenvalue weighted by molar-refractivity contribution is 6.06. The maximum absolute atomic E-state index is 13.9. The second kappa shape index (κ2) is 10.4. The van der Waals surface area contributed by atoms with E-state index in [0.29, 0.717) is 78.6 Å². The number of hydrogen-bond acceptors (Lipinski definition) is 7. The summed E-state index contributed by atoms with van der Waals surface area (Å²) in [5.74, 6) is 1.10. The Bertz CT molecular complexity index is 1560. The Morgan fingerprint density at radius 1 is 0.977 bits per heavy atom. The number of pyridine rings is 1. The number of ketones is 2. The van der Waals surface area contributed by atoms with E-state index in [2.05, 4.69) is 27.7 Å². The fourth-order valence-corrected chi connectivity index (χ4v) is 7.51. The summed E-state index contributed by atoms with van der Waals surface area (Å²) in [7, 11) is 1.61. The number of methoxy groups -OCH3 is 1. The van der Waals surface area contributed by atoms with Gasteiger partial charge in [0.1, 0.15) is 29.1 Å². The highest BCUT2D eigenvalue weighted by Crippen LogP contribution is 2.55. The van der Waals surface area contributed by atoms with Crippen LogP contribution in [0.3, 0.4) is 0 Å². The lowest BCUT2D eigenvalue weighted by molar-refractivity contribution is -0.138. The molecule has 1 N–H and O–H groups in total. The Morgan fingerprint density at radius 3 is 2.19 bits per heavy atom. The molecule has 0 spiro atoms. The van der Waals surface area contributed by atoms with Gasteiger partial charge in [-0.15, -0.1) is 0 Å². The quantitative estimate of drug-likeness (QED) is 0.424. The van der Waals surface area contributed by atoms with Gasteiger partial charge >= 0.3 is 5.97 Å². The zero-order valence-corrected chi connectivity index (χ0v) is 25.9. The van der Waals surface area contributed by atoms with Crippen LogP contribution in [-0.2, 0) is 19.1 Å². The molecule has 226 valence electrons. The number of anilines is 1. The van der Waals surface area contributed by atoms with Crippen LogP contribution >= 0.6 is 0 Å². The van der Waals surface area contributed by atoms with Crippen molar-refractivity contribution in [2.24, 2.45) is 10.8 Å². The first-order valence-corrected chi connectivity index (χ1v) is 15.1. The van der Waals surface area contributed by atoms with Crippen molar-refractivity contribution in [2.45, 2.75) is 85.1 Å². The Morgan fingerprint density at radius 2 is 1.60 bits per heavy atom. The molecule has 1 atom stereocenters. The predicted molar refractivity (Wildman–Crippen MR) is 163 cm³/mol. The Balaban J connectivity index is 1.54. The Labute approximate surface area is 252 Å². The molecule has 0 bridgehead atoms. The maximum Gasteiger partial charge on any atom is 0.326 e. The van der Waals surface area contributed by atoms with Gasteiger partial charge in [-0.05, 0) is 60.4 Å². The third-order valence-corrected chi connectivity index (χ3v) is 9.41. The van der Waals surface area contributed by atoms with Crippen LogP contribution in [0.15, 0.2) is 53.0 Å². The molecular formula is C35H40N2O6. The summed E-state index contributed by atoms with van der Waals surface area (Å²) in [4.78, 5) is 46.5. The molecule has 6 rings (SSSR count). The van der Waals surface area contributed by atoms with Gasteiger partial charge < -0.3 is 19.5 Å². The zero-order chi connectivity index (χ0) is 30.8. The second-order valence-electron chi connectivity index (χ2n) is 14.0. The van der Waals surface area contributed by atoms with E-state index in [-0.39, 0.29) is 22.4 Å². The first-order chi connectivity index (χ1) is 20.3. The molecule has 8 heteroatoms. The third-order valence-electron chi connectivity index (χ3n) is 9.41. The van der Waals surface area contributed by atoms with Crippen LogP contribution in [-0.4, -0.2) is 47.3 Å². The number of aliphatic carboxylic acids is 1. The monoisotopic (exact) mass is 584 g/mol. The van der Waals surface area contributed by atoms with Crippen molar-refractivity contribution in [3.05, 3.63) is 64.1 Å². The van der Waals surface area contributed by atoms with Crippen LogP contribution in [0.5, 0.6) is 5.75 Å². The first-order valence-electron chi connectivity index (χ1n) is 15.1. The summed E-state index contributed by atoms with van der Waals surface area (Å²) in [6, 6.07) is 8.89. The molecule has 1 saturated heterocycles. The van der Waals surface area contributed by atoms with Gasteiger partial charge in [-0.1, -0.05) is 33.8 Å². The number of nitrogens with zero attached hydrogens (tertiary/aromatic N) is 2. The average molecular weight is 585 g/mol. The van der Waals surface area contributed by atoms with Crippen molar-refractivity contribution in [2.75, 3.05) is 18.6 Å². The van der Waals surface area contributed by atoms with Crippen LogP contribution in [0.25, 0.3) is 11.3 Å². The minimum atomic E-state index is -0.846. The molecule has 2 aromatic rings. The van der Waals surface area contributed by atoms with Gasteiger partial charge in [0.2, 0.25) is 0 Å². The summed E-state index contributed by atoms with van der Waals surface area (Å²) in [5.41, 5.74) is 3.80. The largest absolute Gasteiger partial charge is 0.496 e. The number of carboxylic acid groups (broad SMARTS) is 1. The average Bonchev–Trinajstić information content (AvgIpc) is 3.41. The molecule has 2 aliphatic carbocycles. The van der Waals surface area contributed by atoms with Crippen molar-refractivity contribution in [1.29, 1.82) is 0 Å². The van der Waals surface area contributed by atoms with E-state index in [4.69, 9.17) is 14.5 Å². The van der Waals surface area contributed by atoms with E-state index in [9.17, 15) is 19.5 Å². The van der Waals surface area contributed by atoms with E-state index in [1.807, 2.05) is 42.2 Å². The molecule has 3 heterocycles. The lowest BCUT2D eigenvalue weighted by Gasteiger charge is -2.43. The highest BCUT2D eigenvalue weighted by Gasteiger charge is 2.49. The van der Waals surface area contributed by atoms with Crippen molar-refractivity contribution in [3.8, 4) is 17.0 Å². The number of ether oxygens (including phenoxy) is 2. The number of allylic oxidation sites excluding steroid dienone is 4. The Kier molecular flexibility index (Phi) is 7.02. The highest BCUT2D eigenvalue weighted by atomic mass is 16.5. The van der Waals surface area contributed by atoms with Crippen molar-refractivity contribution >= 4 is 23.4 Å². The molecule has 8 nitrogen and oxygen atoms in total. The van der Waals surface area contributed by atoms with Crippen molar-refractivity contribution in [3.63, 3.8) is 0 Å². The smallest absolute Gasteiger partial charge is 0.326 e. The van der Waals surface area contributed by atoms with E-state index in [0.717, 1.165) is 23.1 Å². The summed E-state index contributed by atoms with van der Waals surface area (Å²) in [6.45, 7) is 10.9. The third kappa shape index (κ3) is 5.04. The maximum atomic E-state index is 13.9. The SMILES string of the molecule is COc1ccc(-c2cccc(N3CCCC3C(=O)O)n2)c(C)c1C1C2=C(CC(C)(C)CC2=O)OC2=C1C(=O)CC(C)(C)C2. The van der Waals surface area contributed by atoms with Crippen LogP contribution < -0.4 is 9.64 Å². The summed E-state index contributed by atoms with van der Waals surface area (Å²) in [5, 5.41) is 9.75. The van der Waals surface area contributed by atoms with Gasteiger partial charge in [-0.2, -0.15) is 0 Å². The molecule has 2 aliphatic heterocycles. The van der Waals surface area contributed by atoms with Crippen LogP contribution in [0.2, 0.25) is 0 Å². The molecule has 1 unspecified atom stereocenters. The van der Waals surface area contributed by atoms with Crippen LogP contribution in [0.4, 0.5) is 5.82 Å². The van der Waals surface area contributed by atoms with Gasteiger partial charge in [0.25, 0.3) is 0 Å². The fraction of sp³-hybridized carbons (Fsp3) is 0.486. The summed E-state index contributed by atoms with van der Waals surface area (Å²) >= 11 is 0. The molecule has 0 amide bonds. The molecular weight excluding hydrogens is 544 g/mol. The lowest BCUT2D eigenvalue weighted by Crippen LogP contribution is -2.38. The van der Waals surface area contributed by atoms with Gasteiger partial charge in [0.15, 0.2) is 11.6 Å². The number of carbonyl (C=O) groups excluding carboxylic acids is 2. The summed E-state index contributed by atoms with van der Waals surface area (Å²) in [6.07, 6.45) is 3.35. The fourth-order valence-electron chi connectivity index (χ4n) is 7.51. The molecule has 4 aliphatic rings. The van der Waals surface area contributed by atoms with Gasteiger partial charge in [0, 0.05) is 54.5 Å². The van der Waals surface area contributed by atoms with E-state index in [1.165, 1.54) is 0 Å². The molecule has 1 aromatic carbocycles. The number of carboxylic acids is 1. The second-order valence-corrected chi connectivity index (χ2v) is 14.0. The number of Topliss-reactive ketones (excluding diaryl/α,β-unsaturated/α-hetero) is 2. The zero-order valence-electron chi connectivity index (χ0n) is 25.9. The number of benzene rings is 1. The molecule has 1 fully saturated rings. The number of aromatic nitrogens is 1. The van der Waals surface area contributed by atoms with Crippen molar-refractivity contribution < 1.29 is 29.0 Å². The molecule has 0 radical (unpaired) electrons. The van der Waals surface area contributed by atoms with E-state index < -0.39 is 17.9 Å². The first kappa shape index (κ1) is 29.1. The van der Waals surface area contributed by atoms with Crippen LogP contribution in [0, 0.1) is 17.8 Å². The standard InChI is InChI=1S/C35H40N2O6/c1-19-20(21-9-7-11-28(36-21)37-14-8-10-22(37)33(40)41)12-13-25(42-6)29(19)32-30-23(38)15-34(2,3)17-26(30)43-27-18-35(4,5)16-24(39)31(27)32/h7,9,11-13,22,32H,8,10,14-18H2,1-6H3,(H,40,41).